The third-order valence-electron chi connectivity index (χ3n) is 8.79. The van der Waals surface area contributed by atoms with E-state index >= 15 is 0 Å². The SMILES string of the molecule is CCc1ccc2c(c1)[cH-]c1cc(CC)ccc12.[C-]1=C(c2ccccc2)C=C(c2ccccc2)C1.[Cl-].[Cl-].[Zr+2]=[C](c1ccccc1)c1ccccc1. The normalized spacial score (nSPS) is 11.5. The molecule has 0 aromatic heterocycles. The number of hydrogen-bond acceptors (Lipinski definition) is 0. The first-order valence-corrected chi connectivity index (χ1v) is 18.1. The van der Waals surface area contributed by atoms with Crippen LogP contribution in [0, 0.1) is 6.08 Å². The Balaban J connectivity index is 0.000000166. The molecular weight excluding hydrogens is 727 g/mol. The molecular formula is C47H40Cl2Zr-2. The molecule has 0 N–H and O–H groups in total. The summed E-state index contributed by atoms with van der Waals surface area (Å²) in [5.41, 5.74) is 10.6. The number of allylic oxidation sites excluding steroid dienone is 4. The van der Waals surface area contributed by atoms with Crippen LogP contribution in [0.1, 0.15) is 53.6 Å². The van der Waals surface area contributed by atoms with Crippen molar-refractivity contribution < 1.29 is 49.0 Å². The van der Waals surface area contributed by atoms with Gasteiger partial charge in [0.15, 0.2) is 0 Å². The predicted molar refractivity (Wildman–Crippen MR) is 204 cm³/mol. The van der Waals surface area contributed by atoms with Gasteiger partial charge >= 0.3 is 99.2 Å². The van der Waals surface area contributed by atoms with Crippen LogP contribution in [-0.4, -0.2) is 3.21 Å². The molecule has 0 heterocycles. The van der Waals surface area contributed by atoms with E-state index in [0.29, 0.717) is 0 Å². The van der Waals surface area contributed by atoms with Gasteiger partial charge in [0.1, 0.15) is 0 Å². The van der Waals surface area contributed by atoms with Crippen molar-refractivity contribution in [1.82, 2.24) is 0 Å². The minimum atomic E-state index is 0. The summed E-state index contributed by atoms with van der Waals surface area (Å²) in [6, 6.07) is 58.1. The van der Waals surface area contributed by atoms with Crippen LogP contribution in [0.3, 0.4) is 0 Å². The molecule has 0 amide bonds. The van der Waals surface area contributed by atoms with Crippen LogP contribution in [-0.2, 0) is 37.1 Å². The van der Waals surface area contributed by atoms with E-state index in [1.165, 1.54) is 93.5 Å². The van der Waals surface area contributed by atoms with Crippen molar-refractivity contribution in [2.75, 3.05) is 0 Å². The zero-order valence-corrected chi connectivity index (χ0v) is 32.5. The van der Waals surface area contributed by atoms with Gasteiger partial charge in [-0.3, -0.25) is 0 Å². The Labute approximate surface area is 325 Å². The van der Waals surface area contributed by atoms with E-state index in [2.05, 4.69) is 178 Å². The Bertz CT molecular complexity index is 2060. The van der Waals surface area contributed by atoms with E-state index in [1.807, 2.05) is 12.1 Å². The van der Waals surface area contributed by atoms with E-state index in [4.69, 9.17) is 0 Å². The molecule has 1 aliphatic rings. The van der Waals surface area contributed by atoms with Crippen molar-refractivity contribution in [3.63, 3.8) is 0 Å². The molecule has 7 aromatic carbocycles. The maximum atomic E-state index is 3.45. The summed E-state index contributed by atoms with van der Waals surface area (Å²) in [6.45, 7) is 4.41. The van der Waals surface area contributed by atoms with Crippen molar-refractivity contribution in [2.24, 2.45) is 0 Å². The van der Waals surface area contributed by atoms with Gasteiger partial charge in [-0.15, -0.1) is 63.0 Å². The first-order chi connectivity index (χ1) is 23.6. The summed E-state index contributed by atoms with van der Waals surface area (Å²) in [6.07, 6.45) is 8.81. The van der Waals surface area contributed by atoms with Gasteiger partial charge in [-0.1, -0.05) is 104 Å². The van der Waals surface area contributed by atoms with Gasteiger partial charge in [0.2, 0.25) is 0 Å². The fraction of sp³-hybridized carbons (Fsp3) is 0.106. The second kappa shape index (κ2) is 19.4. The van der Waals surface area contributed by atoms with Gasteiger partial charge in [0.25, 0.3) is 0 Å². The summed E-state index contributed by atoms with van der Waals surface area (Å²) >= 11 is 1.46. The van der Waals surface area contributed by atoms with Crippen molar-refractivity contribution >= 4 is 35.9 Å². The Kier molecular flexibility index (Phi) is 15.1. The molecule has 248 valence electrons. The minimum absolute atomic E-state index is 0. The Morgan fingerprint density at radius 2 is 0.980 bits per heavy atom. The van der Waals surface area contributed by atoms with Gasteiger partial charge in [0, 0.05) is 0 Å². The van der Waals surface area contributed by atoms with Crippen molar-refractivity contribution in [2.45, 2.75) is 33.1 Å². The maximum absolute atomic E-state index is 3.45. The molecule has 50 heavy (non-hydrogen) atoms. The van der Waals surface area contributed by atoms with Crippen molar-refractivity contribution in [1.29, 1.82) is 0 Å². The number of fused-ring (bicyclic) bond motifs is 3. The average Bonchev–Trinajstić information content (AvgIpc) is 3.81. The van der Waals surface area contributed by atoms with Crippen LogP contribution < -0.4 is 24.8 Å². The molecule has 0 radical (unpaired) electrons. The van der Waals surface area contributed by atoms with Crippen LogP contribution in [0.25, 0.3) is 32.7 Å². The zero-order chi connectivity index (χ0) is 33.1. The zero-order valence-electron chi connectivity index (χ0n) is 28.5. The number of aryl methyl sites for hydroxylation is 2. The predicted octanol–water partition coefficient (Wildman–Crippen LogP) is 6.01. The summed E-state index contributed by atoms with van der Waals surface area (Å²) < 4.78 is 1.42. The van der Waals surface area contributed by atoms with E-state index < -0.39 is 0 Å². The fourth-order valence-electron chi connectivity index (χ4n) is 6.04. The van der Waals surface area contributed by atoms with Crippen LogP contribution in [0.5, 0.6) is 0 Å². The van der Waals surface area contributed by atoms with Gasteiger partial charge in [-0.2, -0.15) is 17.7 Å². The first kappa shape index (κ1) is 38.8. The quantitative estimate of drug-likeness (QED) is 0.182. The van der Waals surface area contributed by atoms with Crippen LogP contribution >= 0.6 is 0 Å². The standard InChI is InChI=1S/C17H17.C17H13.C13H10.2ClH.Zr/c1-3-12-5-7-16-14(9-12)11-15-10-13(4-2)6-8-17(15)16;1-3-7-14(8-4-1)16-11-12-17(13-16)15-9-5-2-6-10-15;1-3-7-12(8-4-1)11-13-9-5-2-6-10-13;;;/h5-11H,3-4H2,1-2H3;1-10,13H,11H2;1-10H;2*1H;/q2*-1;;;;+2/p-2. The average molecular weight is 767 g/mol. The summed E-state index contributed by atoms with van der Waals surface area (Å²) in [4.78, 5) is 0. The number of benzene rings is 6. The third-order valence-corrected chi connectivity index (χ3v) is 10.2. The molecule has 0 bridgehead atoms. The summed E-state index contributed by atoms with van der Waals surface area (Å²) in [5, 5.41) is 5.54. The Morgan fingerprint density at radius 1 is 0.560 bits per heavy atom. The van der Waals surface area contributed by atoms with E-state index in [1.54, 1.807) is 0 Å². The molecule has 1 aliphatic carbocycles. The van der Waals surface area contributed by atoms with Gasteiger partial charge in [0.05, 0.1) is 0 Å². The van der Waals surface area contributed by atoms with Crippen molar-refractivity contribution in [3.8, 4) is 0 Å². The van der Waals surface area contributed by atoms with E-state index in [-0.39, 0.29) is 24.8 Å². The second-order valence-electron chi connectivity index (χ2n) is 12.0. The van der Waals surface area contributed by atoms with E-state index in [9.17, 15) is 0 Å². The van der Waals surface area contributed by atoms with Gasteiger partial charge < -0.3 is 24.8 Å². The van der Waals surface area contributed by atoms with Gasteiger partial charge in [-0.05, 0) is 18.4 Å². The molecule has 3 heteroatoms. The molecule has 0 nitrogen and oxygen atoms in total. The molecule has 0 saturated carbocycles. The molecule has 0 unspecified atom stereocenters. The van der Waals surface area contributed by atoms with Crippen molar-refractivity contribution in [3.05, 3.63) is 209 Å². The van der Waals surface area contributed by atoms with E-state index in [0.717, 1.165) is 19.3 Å². The fourth-order valence-corrected chi connectivity index (χ4v) is 6.86. The third kappa shape index (κ3) is 9.83. The number of halogens is 2. The van der Waals surface area contributed by atoms with Crippen LogP contribution in [0.15, 0.2) is 170 Å². The van der Waals surface area contributed by atoms with Gasteiger partial charge in [-0.25, -0.2) is 0 Å². The van der Waals surface area contributed by atoms with Crippen LogP contribution in [0.2, 0.25) is 0 Å². The molecule has 0 fully saturated rings. The Morgan fingerprint density at radius 3 is 1.42 bits per heavy atom. The summed E-state index contributed by atoms with van der Waals surface area (Å²) in [7, 11) is 0. The van der Waals surface area contributed by atoms with Crippen LogP contribution in [0.4, 0.5) is 0 Å². The number of rotatable bonds is 6. The number of hydrogen-bond donors (Lipinski definition) is 0. The monoisotopic (exact) mass is 764 g/mol. The molecule has 7 aromatic rings. The topological polar surface area (TPSA) is 0 Å². The second-order valence-corrected chi connectivity index (χ2v) is 13.2. The summed E-state index contributed by atoms with van der Waals surface area (Å²) in [5.74, 6) is 0. The Hall–Kier alpha value is -4.00. The molecule has 8 rings (SSSR count). The molecule has 0 aliphatic heterocycles. The molecule has 0 atom stereocenters. The first-order valence-electron chi connectivity index (χ1n) is 16.9. The molecule has 0 spiro atoms. The molecule has 0 saturated heterocycles.